The fourth-order valence-electron chi connectivity index (χ4n) is 5.13. The number of rotatable bonds is 8. The van der Waals surface area contributed by atoms with E-state index in [1.807, 2.05) is 6.07 Å². The van der Waals surface area contributed by atoms with Gasteiger partial charge in [0.25, 0.3) is 0 Å². The molecular formula is C27H29FN2O5. The molecule has 0 aliphatic carbocycles. The predicted molar refractivity (Wildman–Crippen MR) is 126 cm³/mol. The molecule has 2 aromatic rings. The Balaban J connectivity index is 1.59. The van der Waals surface area contributed by atoms with E-state index in [-0.39, 0.29) is 55.7 Å². The molecule has 2 heterocycles. The van der Waals surface area contributed by atoms with Gasteiger partial charge in [-0.2, -0.15) is 0 Å². The minimum absolute atomic E-state index is 0.0234. The lowest BCUT2D eigenvalue weighted by atomic mass is 9.75. The first-order valence-electron chi connectivity index (χ1n) is 11.8. The molecule has 0 saturated carbocycles. The fraction of sp³-hybridized carbons (Fsp3) is 0.407. The van der Waals surface area contributed by atoms with E-state index in [0.29, 0.717) is 24.9 Å². The van der Waals surface area contributed by atoms with E-state index in [9.17, 15) is 23.6 Å². The summed E-state index contributed by atoms with van der Waals surface area (Å²) in [6.45, 7) is 0.861. The minimum atomic E-state index is -1.62. The molecule has 0 bridgehead atoms. The van der Waals surface area contributed by atoms with Crippen molar-refractivity contribution in [1.29, 1.82) is 0 Å². The van der Waals surface area contributed by atoms with E-state index in [1.54, 1.807) is 35.2 Å². The van der Waals surface area contributed by atoms with Crippen LogP contribution in [0.15, 0.2) is 54.6 Å². The molecule has 0 N–H and O–H groups in total. The Morgan fingerprint density at radius 3 is 2.51 bits per heavy atom. The molecule has 8 heteroatoms. The first-order chi connectivity index (χ1) is 16.9. The Morgan fingerprint density at radius 2 is 1.80 bits per heavy atom. The van der Waals surface area contributed by atoms with Crippen LogP contribution in [-0.2, 0) is 24.5 Å². The molecule has 4 rings (SSSR count). The van der Waals surface area contributed by atoms with Gasteiger partial charge in [-0.3, -0.25) is 24.1 Å². The molecule has 0 radical (unpaired) electrons. The number of halogens is 1. The van der Waals surface area contributed by atoms with Crippen molar-refractivity contribution in [2.75, 3.05) is 33.4 Å². The lowest BCUT2D eigenvalue weighted by molar-refractivity contribution is -0.143. The molecule has 2 aliphatic rings. The number of hydrogen-bond donors (Lipinski definition) is 0. The van der Waals surface area contributed by atoms with Crippen LogP contribution in [-0.4, -0.2) is 66.7 Å². The number of methoxy groups -OCH3 is 1. The van der Waals surface area contributed by atoms with Crippen LogP contribution in [0.1, 0.15) is 41.6 Å². The van der Waals surface area contributed by atoms with Crippen molar-refractivity contribution >= 4 is 23.5 Å². The molecule has 35 heavy (non-hydrogen) atoms. The predicted octanol–water partition coefficient (Wildman–Crippen LogP) is 2.98. The Kier molecular flexibility index (Phi) is 7.40. The van der Waals surface area contributed by atoms with Gasteiger partial charge in [0, 0.05) is 50.1 Å². The second-order valence-corrected chi connectivity index (χ2v) is 9.17. The second kappa shape index (κ2) is 10.5. The number of Topliss-reactive ketones (excluding diaryl/α,β-unsaturated/α-hetero) is 1. The van der Waals surface area contributed by atoms with Crippen LogP contribution in [0.2, 0.25) is 0 Å². The summed E-state index contributed by atoms with van der Waals surface area (Å²) in [6, 6.07) is 14.7. The molecule has 2 fully saturated rings. The summed E-state index contributed by atoms with van der Waals surface area (Å²) >= 11 is 0. The number of carbonyl (C=O) groups is 4. The summed E-state index contributed by atoms with van der Waals surface area (Å²) < 4.78 is 20.0. The molecule has 0 unspecified atom stereocenters. The maximum Gasteiger partial charge on any atom is 0.241 e. The molecule has 2 saturated heterocycles. The second-order valence-electron chi connectivity index (χ2n) is 9.17. The largest absolute Gasteiger partial charge is 0.383 e. The highest BCUT2D eigenvalue weighted by Crippen LogP contribution is 2.41. The minimum Gasteiger partial charge on any atom is -0.383 e. The summed E-state index contributed by atoms with van der Waals surface area (Å²) in [5, 5.41) is 0. The molecule has 2 aromatic carbocycles. The smallest absolute Gasteiger partial charge is 0.241 e. The SMILES string of the molecule is COCCN1C(=O)C[C@@](CC(=O)N2CCC[C@@H](C(=O)c3ccccc3)C2)(c2ccccc2F)C1=O. The van der Waals surface area contributed by atoms with Crippen molar-refractivity contribution in [2.24, 2.45) is 5.92 Å². The highest BCUT2D eigenvalue weighted by molar-refractivity contribution is 6.10. The Morgan fingerprint density at radius 1 is 1.09 bits per heavy atom. The van der Waals surface area contributed by atoms with Crippen LogP contribution in [0, 0.1) is 11.7 Å². The summed E-state index contributed by atoms with van der Waals surface area (Å²) in [5.74, 6) is -2.42. The van der Waals surface area contributed by atoms with E-state index in [2.05, 4.69) is 0 Å². The summed E-state index contributed by atoms with van der Waals surface area (Å²) in [4.78, 5) is 55.5. The van der Waals surface area contributed by atoms with Crippen molar-refractivity contribution < 1.29 is 28.3 Å². The van der Waals surface area contributed by atoms with Crippen LogP contribution in [0.3, 0.4) is 0 Å². The van der Waals surface area contributed by atoms with Crippen LogP contribution in [0.4, 0.5) is 4.39 Å². The molecule has 0 aromatic heterocycles. The zero-order valence-electron chi connectivity index (χ0n) is 19.7. The summed E-state index contributed by atoms with van der Waals surface area (Å²) in [6.07, 6.45) is 0.684. The molecule has 7 nitrogen and oxygen atoms in total. The molecule has 2 aliphatic heterocycles. The number of piperidine rings is 1. The summed E-state index contributed by atoms with van der Waals surface area (Å²) in [7, 11) is 1.46. The van der Waals surface area contributed by atoms with Crippen LogP contribution in [0.5, 0.6) is 0 Å². The first kappa shape index (κ1) is 24.7. The Hall–Kier alpha value is -3.39. The molecule has 3 amide bonds. The van der Waals surface area contributed by atoms with Crippen molar-refractivity contribution in [1.82, 2.24) is 9.80 Å². The zero-order valence-corrected chi connectivity index (χ0v) is 19.7. The highest BCUT2D eigenvalue weighted by atomic mass is 19.1. The van der Waals surface area contributed by atoms with E-state index >= 15 is 0 Å². The van der Waals surface area contributed by atoms with Gasteiger partial charge >= 0.3 is 0 Å². The number of hydrogen-bond acceptors (Lipinski definition) is 5. The quantitative estimate of drug-likeness (QED) is 0.429. The van der Waals surface area contributed by atoms with Gasteiger partial charge in [0.2, 0.25) is 17.7 Å². The van der Waals surface area contributed by atoms with E-state index in [1.165, 1.54) is 25.3 Å². The van der Waals surface area contributed by atoms with Gasteiger partial charge in [-0.25, -0.2) is 4.39 Å². The first-order valence-corrected chi connectivity index (χ1v) is 11.8. The highest BCUT2D eigenvalue weighted by Gasteiger charge is 2.55. The molecule has 0 spiro atoms. The number of likely N-dealkylation sites (tertiary alicyclic amines) is 2. The lowest BCUT2D eigenvalue weighted by Crippen LogP contribution is -2.47. The standard InChI is InChI=1S/C27H29FN2O5/c1-35-15-14-30-24(32)17-27(26(30)34,21-11-5-6-12-22(21)28)16-23(31)29-13-7-10-20(18-29)25(33)19-8-3-2-4-9-19/h2-6,8-9,11-12,20H,7,10,13-18H2,1H3/t20-,27+/m1/s1. The molecular weight excluding hydrogens is 451 g/mol. The van der Waals surface area contributed by atoms with E-state index < -0.39 is 23.0 Å². The normalized spacial score (nSPS) is 22.5. The zero-order chi connectivity index (χ0) is 25.0. The number of imide groups is 1. The van der Waals surface area contributed by atoms with Crippen molar-refractivity contribution in [2.45, 2.75) is 31.1 Å². The van der Waals surface area contributed by atoms with Crippen LogP contribution in [0.25, 0.3) is 0 Å². The summed E-state index contributed by atoms with van der Waals surface area (Å²) in [5.41, 5.74) is -0.982. The van der Waals surface area contributed by atoms with Gasteiger partial charge in [0.1, 0.15) is 5.82 Å². The van der Waals surface area contributed by atoms with Gasteiger partial charge in [0.15, 0.2) is 5.78 Å². The number of ketones is 1. The third-order valence-electron chi connectivity index (χ3n) is 6.97. The van der Waals surface area contributed by atoms with Crippen LogP contribution < -0.4 is 0 Å². The average molecular weight is 481 g/mol. The van der Waals surface area contributed by atoms with Gasteiger partial charge in [0.05, 0.1) is 18.6 Å². The van der Waals surface area contributed by atoms with Crippen LogP contribution >= 0.6 is 0 Å². The van der Waals surface area contributed by atoms with Gasteiger partial charge in [-0.15, -0.1) is 0 Å². The van der Waals surface area contributed by atoms with E-state index in [4.69, 9.17) is 4.74 Å². The fourth-order valence-corrected chi connectivity index (χ4v) is 5.13. The number of ether oxygens (including phenoxy) is 1. The van der Waals surface area contributed by atoms with Gasteiger partial charge in [-0.1, -0.05) is 48.5 Å². The topological polar surface area (TPSA) is 84.0 Å². The maximum absolute atomic E-state index is 14.9. The number of benzene rings is 2. The molecule has 184 valence electrons. The third-order valence-corrected chi connectivity index (χ3v) is 6.97. The number of carbonyl (C=O) groups excluding carboxylic acids is 4. The average Bonchev–Trinajstić information content (AvgIpc) is 3.12. The van der Waals surface area contributed by atoms with Gasteiger partial charge < -0.3 is 9.64 Å². The Bertz CT molecular complexity index is 1120. The van der Waals surface area contributed by atoms with E-state index in [0.717, 1.165) is 4.90 Å². The number of nitrogens with zero attached hydrogens (tertiary/aromatic N) is 2. The van der Waals surface area contributed by atoms with Gasteiger partial charge in [-0.05, 0) is 18.9 Å². The Labute approximate surface area is 203 Å². The third kappa shape index (κ3) is 4.89. The maximum atomic E-state index is 14.9. The number of amides is 3. The lowest BCUT2D eigenvalue weighted by Gasteiger charge is -2.35. The monoisotopic (exact) mass is 480 g/mol. The van der Waals surface area contributed by atoms with Crippen molar-refractivity contribution in [3.63, 3.8) is 0 Å². The van der Waals surface area contributed by atoms with Crippen molar-refractivity contribution in [3.8, 4) is 0 Å². The van der Waals surface area contributed by atoms with Crippen molar-refractivity contribution in [3.05, 3.63) is 71.5 Å². The molecule has 2 atom stereocenters.